The largest absolute Gasteiger partial charge is 0.385 e. The van der Waals surface area contributed by atoms with Gasteiger partial charge in [0.05, 0.1) is 0 Å². The van der Waals surface area contributed by atoms with Gasteiger partial charge in [-0.3, -0.25) is 0 Å². The third kappa shape index (κ3) is 7.77. The number of rotatable bonds is 8. The summed E-state index contributed by atoms with van der Waals surface area (Å²) in [7, 11) is 0. The van der Waals surface area contributed by atoms with Crippen LogP contribution in [0.2, 0.25) is 0 Å². The summed E-state index contributed by atoms with van der Waals surface area (Å²) in [5.74, 6) is 0. The van der Waals surface area contributed by atoms with E-state index >= 15 is 0 Å². The zero-order valence-corrected chi connectivity index (χ0v) is 14.9. The first kappa shape index (κ1) is 21.0. The van der Waals surface area contributed by atoms with Crippen LogP contribution in [0.15, 0.2) is 18.2 Å². The molecule has 1 aromatic carbocycles. The predicted octanol–water partition coefficient (Wildman–Crippen LogP) is 2.67. The lowest BCUT2D eigenvalue weighted by atomic mass is 10.1. The average molecular weight is 398 g/mol. The number of hydrogen-bond acceptors (Lipinski definition) is 4. The summed E-state index contributed by atoms with van der Waals surface area (Å²) in [5, 5.41) is 6.80. The van der Waals surface area contributed by atoms with E-state index in [0.29, 0.717) is 0 Å². The molecule has 0 radical (unpaired) electrons. The molecule has 1 aromatic rings. The highest BCUT2D eigenvalue weighted by molar-refractivity contribution is 8.93. The molecule has 6 N–H and O–H groups in total. The van der Waals surface area contributed by atoms with Gasteiger partial charge in [0.1, 0.15) is 0 Å². The third-order valence-electron chi connectivity index (χ3n) is 2.73. The molecule has 0 saturated carbocycles. The van der Waals surface area contributed by atoms with Crippen molar-refractivity contribution >= 4 is 45.3 Å². The highest BCUT2D eigenvalue weighted by Gasteiger charge is 2.02. The molecule has 0 bridgehead atoms. The molecular weight excluding hydrogens is 372 g/mol. The fourth-order valence-electron chi connectivity index (χ4n) is 1.67. The lowest BCUT2D eigenvalue weighted by molar-refractivity contribution is 0.870. The molecule has 0 aliphatic carbocycles. The topological polar surface area (TPSA) is 76.1 Å². The number of hydrogen-bond donors (Lipinski definition) is 4. The maximum Gasteiger partial charge on any atom is 0.0390 e. The Morgan fingerprint density at radius 2 is 1.32 bits per heavy atom. The van der Waals surface area contributed by atoms with Crippen molar-refractivity contribution in [1.82, 2.24) is 0 Å². The van der Waals surface area contributed by atoms with Crippen LogP contribution >= 0.6 is 34.0 Å². The Morgan fingerprint density at radius 1 is 0.895 bits per heavy atom. The van der Waals surface area contributed by atoms with Crippen LogP contribution in [0, 0.1) is 6.92 Å². The molecule has 0 aromatic heterocycles. The van der Waals surface area contributed by atoms with E-state index < -0.39 is 0 Å². The summed E-state index contributed by atoms with van der Waals surface area (Å²) in [6, 6.07) is 6.25. The molecule has 4 nitrogen and oxygen atoms in total. The Bertz CT molecular complexity index is 306. The van der Waals surface area contributed by atoms with E-state index in [2.05, 4.69) is 35.8 Å². The second kappa shape index (κ2) is 12.7. The summed E-state index contributed by atoms with van der Waals surface area (Å²) < 4.78 is 0. The Kier molecular flexibility index (Phi) is 14.1. The number of nitrogens with two attached hydrogens (primary N) is 2. The minimum Gasteiger partial charge on any atom is -0.385 e. The minimum absolute atomic E-state index is 0. The average Bonchev–Trinajstić information content (AvgIpc) is 2.34. The fraction of sp³-hybridized carbons (Fsp3) is 0.538. The van der Waals surface area contributed by atoms with Gasteiger partial charge in [-0.2, -0.15) is 0 Å². The summed E-state index contributed by atoms with van der Waals surface area (Å²) in [6.07, 6.45) is 1.98. The quantitative estimate of drug-likeness (QED) is 0.508. The Morgan fingerprint density at radius 3 is 1.68 bits per heavy atom. The molecule has 0 unspecified atom stereocenters. The number of anilines is 2. The van der Waals surface area contributed by atoms with Gasteiger partial charge in [-0.25, -0.2) is 0 Å². The Balaban J connectivity index is 0. The Hall–Kier alpha value is -0.300. The number of halogens is 2. The van der Waals surface area contributed by atoms with Gasteiger partial charge >= 0.3 is 0 Å². The van der Waals surface area contributed by atoms with Crippen LogP contribution in [0.5, 0.6) is 0 Å². The van der Waals surface area contributed by atoms with Crippen LogP contribution in [0.1, 0.15) is 18.4 Å². The second-order valence-corrected chi connectivity index (χ2v) is 4.12. The van der Waals surface area contributed by atoms with Crippen molar-refractivity contribution in [3.63, 3.8) is 0 Å². The minimum atomic E-state index is 0. The van der Waals surface area contributed by atoms with Crippen molar-refractivity contribution in [2.45, 2.75) is 19.8 Å². The van der Waals surface area contributed by atoms with Gasteiger partial charge in [-0.1, -0.05) is 6.07 Å². The van der Waals surface area contributed by atoms with E-state index in [-0.39, 0.29) is 34.0 Å². The molecule has 0 fully saturated rings. The van der Waals surface area contributed by atoms with Gasteiger partial charge < -0.3 is 22.1 Å². The summed E-state index contributed by atoms with van der Waals surface area (Å²) >= 11 is 0. The molecule has 0 aliphatic rings. The lowest BCUT2D eigenvalue weighted by Gasteiger charge is -2.14. The first-order valence-electron chi connectivity index (χ1n) is 6.27. The molecule has 0 saturated heterocycles. The van der Waals surface area contributed by atoms with E-state index in [1.807, 2.05) is 0 Å². The molecule has 0 aliphatic heterocycles. The predicted molar refractivity (Wildman–Crippen MR) is 96.1 cm³/mol. The SMILES string of the molecule is Br.Br.Cc1c(NCCCN)cccc1NCCCN. The van der Waals surface area contributed by atoms with Gasteiger partial charge in [0.2, 0.25) is 0 Å². The van der Waals surface area contributed by atoms with Crippen molar-refractivity contribution in [3.05, 3.63) is 23.8 Å². The zero-order chi connectivity index (χ0) is 12.5. The standard InChI is InChI=1S/C13H24N4.2BrH/c1-11-12(16-9-3-7-14)5-2-6-13(11)17-10-4-8-15;;/h2,5-6,16-17H,3-4,7-10,14-15H2,1H3;2*1H. The maximum absolute atomic E-state index is 5.48. The smallest absolute Gasteiger partial charge is 0.0390 e. The van der Waals surface area contributed by atoms with Crippen LogP contribution in [0.25, 0.3) is 0 Å². The van der Waals surface area contributed by atoms with Crippen molar-refractivity contribution in [2.24, 2.45) is 11.5 Å². The Labute approximate surface area is 137 Å². The molecule has 0 heterocycles. The maximum atomic E-state index is 5.48. The van der Waals surface area contributed by atoms with E-state index in [4.69, 9.17) is 11.5 Å². The van der Waals surface area contributed by atoms with E-state index in [9.17, 15) is 0 Å². The highest BCUT2D eigenvalue weighted by Crippen LogP contribution is 2.23. The van der Waals surface area contributed by atoms with Crippen molar-refractivity contribution in [2.75, 3.05) is 36.8 Å². The van der Waals surface area contributed by atoms with Crippen LogP contribution in [-0.4, -0.2) is 26.2 Å². The van der Waals surface area contributed by atoms with Gasteiger partial charge in [-0.05, 0) is 50.6 Å². The van der Waals surface area contributed by atoms with Crippen molar-refractivity contribution in [3.8, 4) is 0 Å². The first-order chi connectivity index (χ1) is 8.29. The zero-order valence-electron chi connectivity index (χ0n) is 11.4. The van der Waals surface area contributed by atoms with Crippen LogP contribution in [0.4, 0.5) is 11.4 Å². The molecule has 0 spiro atoms. The van der Waals surface area contributed by atoms with Crippen molar-refractivity contribution < 1.29 is 0 Å². The normalized spacial score (nSPS) is 9.21. The summed E-state index contributed by atoms with van der Waals surface area (Å²) in [4.78, 5) is 0. The van der Waals surface area contributed by atoms with E-state index in [1.165, 1.54) is 16.9 Å². The van der Waals surface area contributed by atoms with E-state index in [1.54, 1.807) is 0 Å². The first-order valence-corrected chi connectivity index (χ1v) is 6.27. The molecular formula is C13H26Br2N4. The summed E-state index contributed by atoms with van der Waals surface area (Å²) in [5.41, 5.74) is 14.6. The van der Waals surface area contributed by atoms with Crippen molar-refractivity contribution in [1.29, 1.82) is 0 Å². The molecule has 6 heteroatoms. The van der Waals surface area contributed by atoms with Gasteiger partial charge in [-0.15, -0.1) is 34.0 Å². The molecule has 0 amide bonds. The molecule has 19 heavy (non-hydrogen) atoms. The second-order valence-electron chi connectivity index (χ2n) is 4.12. The monoisotopic (exact) mass is 396 g/mol. The number of nitrogens with one attached hydrogen (secondary N) is 2. The van der Waals surface area contributed by atoms with Crippen LogP contribution < -0.4 is 22.1 Å². The summed E-state index contributed by atoms with van der Waals surface area (Å²) in [6.45, 7) is 5.41. The highest BCUT2D eigenvalue weighted by atomic mass is 79.9. The lowest BCUT2D eigenvalue weighted by Crippen LogP contribution is -2.11. The van der Waals surface area contributed by atoms with Gasteiger partial charge in [0.25, 0.3) is 0 Å². The molecule has 0 atom stereocenters. The number of benzene rings is 1. The van der Waals surface area contributed by atoms with Gasteiger partial charge in [0.15, 0.2) is 0 Å². The molecule has 112 valence electrons. The van der Waals surface area contributed by atoms with Gasteiger partial charge in [0, 0.05) is 24.5 Å². The van der Waals surface area contributed by atoms with E-state index in [0.717, 1.165) is 39.0 Å². The fourth-order valence-corrected chi connectivity index (χ4v) is 1.67. The molecule has 1 rings (SSSR count). The third-order valence-corrected chi connectivity index (χ3v) is 2.73. The van der Waals surface area contributed by atoms with Crippen LogP contribution in [-0.2, 0) is 0 Å². The van der Waals surface area contributed by atoms with Crippen LogP contribution in [0.3, 0.4) is 0 Å².